The Hall–Kier alpha value is -0.580. The highest BCUT2D eigenvalue weighted by Gasteiger charge is 2.05. The number of nitrogens with two attached hydrogens (primary N) is 1. The van der Waals surface area contributed by atoms with Crippen LogP contribution in [0.4, 0.5) is 0 Å². The zero-order valence-corrected chi connectivity index (χ0v) is 10.3. The zero-order valence-electron chi connectivity index (χ0n) is 8.64. The first kappa shape index (κ1) is 14.4. The van der Waals surface area contributed by atoms with E-state index in [1.165, 1.54) is 6.26 Å². The summed E-state index contributed by atoms with van der Waals surface area (Å²) in [6, 6.07) is 6.96. The van der Waals surface area contributed by atoms with Gasteiger partial charge in [-0.3, -0.25) is 0 Å². The molecule has 5 heteroatoms. The fourth-order valence-corrected chi connectivity index (χ4v) is 1.84. The lowest BCUT2D eigenvalue weighted by Gasteiger charge is -2.01. The predicted octanol–water partition coefficient (Wildman–Crippen LogP) is 1.40. The van der Waals surface area contributed by atoms with E-state index < -0.39 is 9.84 Å². The Balaban J connectivity index is 0.00000196. The summed E-state index contributed by atoms with van der Waals surface area (Å²) >= 11 is 0. The smallest absolute Gasteiger partial charge is 0.175 e. The van der Waals surface area contributed by atoms with Crippen molar-refractivity contribution in [2.75, 3.05) is 12.8 Å². The van der Waals surface area contributed by atoms with E-state index in [0.717, 1.165) is 18.4 Å². The number of hydrogen-bond donors (Lipinski definition) is 1. The highest BCUT2D eigenvalue weighted by atomic mass is 35.5. The van der Waals surface area contributed by atoms with Gasteiger partial charge in [-0.25, -0.2) is 8.42 Å². The minimum absolute atomic E-state index is 0. The van der Waals surface area contributed by atoms with E-state index in [2.05, 4.69) is 0 Å². The van der Waals surface area contributed by atoms with Crippen molar-refractivity contribution in [2.45, 2.75) is 17.7 Å². The maximum absolute atomic E-state index is 11.1. The highest BCUT2D eigenvalue weighted by Crippen LogP contribution is 2.11. The maximum atomic E-state index is 11.1. The molecule has 0 amide bonds. The molecule has 0 radical (unpaired) electrons. The first-order valence-electron chi connectivity index (χ1n) is 4.53. The molecule has 0 saturated heterocycles. The van der Waals surface area contributed by atoms with Crippen LogP contribution in [-0.2, 0) is 16.3 Å². The molecule has 0 unspecified atom stereocenters. The molecule has 1 aromatic carbocycles. The molecule has 0 saturated carbocycles. The third-order valence-corrected chi connectivity index (χ3v) is 3.15. The second-order valence-electron chi connectivity index (χ2n) is 3.31. The van der Waals surface area contributed by atoms with Crippen LogP contribution in [0.5, 0.6) is 0 Å². The molecule has 0 bridgehead atoms. The van der Waals surface area contributed by atoms with Crippen LogP contribution in [0, 0.1) is 0 Å². The van der Waals surface area contributed by atoms with Gasteiger partial charge in [0.25, 0.3) is 0 Å². The monoisotopic (exact) mass is 249 g/mol. The Morgan fingerprint density at radius 1 is 1.20 bits per heavy atom. The summed E-state index contributed by atoms with van der Waals surface area (Å²) in [4.78, 5) is 0.369. The van der Waals surface area contributed by atoms with Gasteiger partial charge in [0, 0.05) is 6.26 Å². The highest BCUT2D eigenvalue weighted by molar-refractivity contribution is 7.90. The standard InChI is InChI=1S/C10H15NO2S.ClH/c1-14(12,13)10-6-4-9(5-7-10)3-2-8-11;/h4-7H,2-3,8,11H2,1H3;1H. The van der Waals surface area contributed by atoms with Crippen molar-refractivity contribution >= 4 is 22.2 Å². The molecule has 0 aliphatic carbocycles. The van der Waals surface area contributed by atoms with Gasteiger partial charge in [-0.1, -0.05) is 12.1 Å². The average molecular weight is 250 g/mol. The lowest BCUT2D eigenvalue weighted by Crippen LogP contribution is -2.01. The topological polar surface area (TPSA) is 60.2 Å². The minimum Gasteiger partial charge on any atom is -0.330 e. The van der Waals surface area contributed by atoms with E-state index in [-0.39, 0.29) is 12.4 Å². The molecule has 0 aromatic heterocycles. The van der Waals surface area contributed by atoms with E-state index in [9.17, 15) is 8.42 Å². The predicted molar refractivity (Wildman–Crippen MR) is 64.2 cm³/mol. The summed E-state index contributed by atoms with van der Waals surface area (Å²) in [5.41, 5.74) is 6.51. The van der Waals surface area contributed by atoms with Crippen molar-refractivity contribution in [3.8, 4) is 0 Å². The third-order valence-electron chi connectivity index (χ3n) is 2.02. The van der Waals surface area contributed by atoms with Crippen molar-refractivity contribution in [1.29, 1.82) is 0 Å². The van der Waals surface area contributed by atoms with E-state index in [0.29, 0.717) is 11.4 Å². The lowest BCUT2D eigenvalue weighted by molar-refractivity contribution is 0.602. The van der Waals surface area contributed by atoms with Crippen LogP contribution >= 0.6 is 12.4 Å². The molecule has 0 aliphatic rings. The number of rotatable bonds is 4. The molecule has 0 atom stereocenters. The van der Waals surface area contributed by atoms with E-state index in [4.69, 9.17) is 5.73 Å². The van der Waals surface area contributed by atoms with Crippen LogP contribution in [0.15, 0.2) is 29.2 Å². The lowest BCUT2D eigenvalue weighted by atomic mass is 10.1. The Bertz CT molecular complexity index is 386. The number of hydrogen-bond acceptors (Lipinski definition) is 3. The second-order valence-corrected chi connectivity index (χ2v) is 5.32. The summed E-state index contributed by atoms with van der Waals surface area (Å²) in [5, 5.41) is 0. The Morgan fingerprint density at radius 2 is 1.73 bits per heavy atom. The molecule has 2 N–H and O–H groups in total. The Morgan fingerprint density at radius 3 is 2.13 bits per heavy atom. The van der Waals surface area contributed by atoms with Gasteiger partial charge in [0.15, 0.2) is 9.84 Å². The molecule has 0 heterocycles. The summed E-state index contributed by atoms with van der Waals surface area (Å²) in [6.07, 6.45) is 3.04. The van der Waals surface area contributed by atoms with E-state index in [1.54, 1.807) is 12.1 Å². The third kappa shape index (κ3) is 4.64. The minimum atomic E-state index is -3.06. The van der Waals surface area contributed by atoms with Crippen LogP contribution in [0.25, 0.3) is 0 Å². The van der Waals surface area contributed by atoms with Crippen LogP contribution in [0.1, 0.15) is 12.0 Å². The Kier molecular flexibility index (Phi) is 5.87. The fourth-order valence-electron chi connectivity index (χ4n) is 1.21. The van der Waals surface area contributed by atoms with Gasteiger partial charge in [0.2, 0.25) is 0 Å². The zero-order chi connectivity index (χ0) is 10.6. The van der Waals surface area contributed by atoms with Crippen molar-refractivity contribution in [2.24, 2.45) is 5.73 Å². The molecule has 0 fully saturated rings. The number of halogens is 1. The molecular formula is C10H16ClNO2S. The summed E-state index contributed by atoms with van der Waals surface area (Å²) in [7, 11) is -3.06. The van der Waals surface area contributed by atoms with Gasteiger partial charge in [-0.2, -0.15) is 0 Å². The van der Waals surface area contributed by atoms with Gasteiger partial charge in [0.1, 0.15) is 0 Å². The van der Waals surface area contributed by atoms with E-state index in [1.807, 2.05) is 12.1 Å². The first-order chi connectivity index (χ1) is 6.54. The molecule has 86 valence electrons. The van der Waals surface area contributed by atoms with Crippen LogP contribution in [-0.4, -0.2) is 21.2 Å². The fraction of sp³-hybridized carbons (Fsp3) is 0.400. The molecule has 1 rings (SSSR count). The number of benzene rings is 1. The van der Waals surface area contributed by atoms with Crippen LogP contribution < -0.4 is 5.73 Å². The van der Waals surface area contributed by atoms with Crippen LogP contribution in [0.2, 0.25) is 0 Å². The quantitative estimate of drug-likeness (QED) is 0.878. The molecular weight excluding hydrogens is 234 g/mol. The normalized spacial score (nSPS) is 10.8. The van der Waals surface area contributed by atoms with E-state index >= 15 is 0 Å². The summed E-state index contributed by atoms with van der Waals surface area (Å²) in [5.74, 6) is 0. The van der Waals surface area contributed by atoms with Crippen molar-refractivity contribution < 1.29 is 8.42 Å². The summed E-state index contributed by atoms with van der Waals surface area (Å²) < 4.78 is 22.3. The van der Waals surface area contributed by atoms with Gasteiger partial charge < -0.3 is 5.73 Å². The van der Waals surface area contributed by atoms with Gasteiger partial charge in [-0.15, -0.1) is 12.4 Å². The van der Waals surface area contributed by atoms with Crippen LogP contribution in [0.3, 0.4) is 0 Å². The van der Waals surface area contributed by atoms with Gasteiger partial charge in [-0.05, 0) is 37.1 Å². The SMILES string of the molecule is CS(=O)(=O)c1ccc(CCCN)cc1.Cl. The van der Waals surface area contributed by atoms with Crippen molar-refractivity contribution in [3.05, 3.63) is 29.8 Å². The largest absolute Gasteiger partial charge is 0.330 e. The second kappa shape index (κ2) is 6.10. The summed E-state index contributed by atoms with van der Waals surface area (Å²) in [6.45, 7) is 0.661. The number of aryl methyl sites for hydroxylation is 1. The van der Waals surface area contributed by atoms with Crippen molar-refractivity contribution in [1.82, 2.24) is 0 Å². The molecule has 3 nitrogen and oxygen atoms in total. The molecule has 1 aromatic rings. The molecule has 0 aliphatic heterocycles. The molecule has 15 heavy (non-hydrogen) atoms. The maximum Gasteiger partial charge on any atom is 0.175 e. The average Bonchev–Trinajstić information content (AvgIpc) is 2.14. The first-order valence-corrected chi connectivity index (χ1v) is 6.42. The Labute approximate surface area is 97.0 Å². The van der Waals surface area contributed by atoms with Gasteiger partial charge >= 0.3 is 0 Å². The van der Waals surface area contributed by atoms with Crippen molar-refractivity contribution in [3.63, 3.8) is 0 Å². The van der Waals surface area contributed by atoms with Gasteiger partial charge in [0.05, 0.1) is 4.90 Å². The molecule has 0 spiro atoms. The number of sulfone groups is 1.